The number of fused-ring (bicyclic) bond motifs is 3. The van der Waals surface area contributed by atoms with Crippen LogP contribution >= 0.6 is 0 Å². The molecule has 0 amide bonds. The topological polar surface area (TPSA) is 58.0 Å². The summed E-state index contributed by atoms with van der Waals surface area (Å²) in [6.07, 6.45) is 3.96. The van der Waals surface area contributed by atoms with Crippen LogP contribution in [0.1, 0.15) is 49.6 Å². The van der Waals surface area contributed by atoms with Crippen molar-refractivity contribution in [3.63, 3.8) is 0 Å². The first-order chi connectivity index (χ1) is 13.6. The van der Waals surface area contributed by atoms with Gasteiger partial charge in [0.15, 0.2) is 5.83 Å². The SMILES string of the molecule is CCCc1nc2c(nc1NC(O)CC1=C=C=C(F)CC1)CCc1ccccc1-2. The van der Waals surface area contributed by atoms with Gasteiger partial charge >= 0.3 is 0 Å². The van der Waals surface area contributed by atoms with Crippen molar-refractivity contribution in [1.82, 2.24) is 9.97 Å². The molecule has 2 aromatic rings. The maximum atomic E-state index is 13.1. The van der Waals surface area contributed by atoms with E-state index in [-0.39, 0.29) is 5.83 Å². The molecule has 28 heavy (non-hydrogen) atoms. The third-order valence-corrected chi connectivity index (χ3v) is 5.19. The van der Waals surface area contributed by atoms with Gasteiger partial charge < -0.3 is 10.4 Å². The number of hydrogen-bond donors (Lipinski definition) is 2. The van der Waals surface area contributed by atoms with E-state index < -0.39 is 6.23 Å². The van der Waals surface area contributed by atoms with E-state index in [9.17, 15) is 9.50 Å². The lowest BCUT2D eigenvalue weighted by atomic mass is 9.91. The molecule has 0 bridgehead atoms. The van der Waals surface area contributed by atoms with Crippen molar-refractivity contribution in [3.05, 3.63) is 64.1 Å². The Hall–Kier alpha value is -2.71. The van der Waals surface area contributed by atoms with Gasteiger partial charge in [-0.3, -0.25) is 0 Å². The minimum atomic E-state index is -0.815. The van der Waals surface area contributed by atoms with Crippen LogP contribution in [0.4, 0.5) is 10.2 Å². The van der Waals surface area contributed by atoms with E-state index in [1.165, 1.54) is 5.56 Å². The van der Waals surface area contributed by atoms with E-state index in [0.717, 1.165) is 53.9 Å². The second kappa shape index (κ2) is 8.12. The van der Waals surface area contributed by atoms with Crippen LogP contribution in [0, 0.1) is 0 Å². The number of aromatic nitrogens is 2. The second-order valence-electron chi connectivity index (χ2n) is 7.34. The molecule has 5 heteroatoms. The summed E-state index contributed by atoms with van der Waals surface area (Å²) in [5.74, 6) is 0.367. The standard InChI is InChI=1S/C23H24FN3O/c1-2-5-20-23(27-21(28)14-15-8-11-17(24)12-9-15)26-19-13-10-16-6-3-4-7-18(16)22(19)25-20/h3-4,6-7,21,28H,2,5,8,10-11,13-14H2,1H3,(H,26,27). The summed E-state index contributed by atoms with van der Waals surface area (Å²) >= 11 is 0. The maximum absolute atomic E-state index is 13.1. The first-order valence-corrected chi connectivity index (χ1v) is 9.94. The Bertz CT molecular complexity index is 1000. The zero-order valence-electron chi connectivity index (χ0n) is 16.1. The molecular weight excluding hydrogens is 353 g/mol. The molecule has 1 aromatic heterocycles. The summed E-state index contributed by atoms with van der Waals surface area (Å²) in [6, 6.07) is 8.35. The maximum Gasteiger partial charge on any atom is 0.150 e. The summed E-state index contributed by atoms with van der Waals surface area (Å²) in [7, 11) is 0. The number of nitrogens with one attached hydrogen (secondary N) is 1. The number of halogens is 1. The number of anilines is 1. The monoisotopic (exact) mass is 377 g/mol. The average Bonchev–Trinajstić information content (AvgIpc) is 2.70. The van der Waals surface area contributed by atoms with E-state index in [2.05, 4.69) is 41.9 Å². The van der Waals surface area contributed by atoms with Gasteiger partial charge in [0.25, 0.3) is 0 Å². The van der Waals surface area contributed by atoms with E-state index in [1.54, 1.807) is 0 Å². The van der Waals surface area contributed by atoms with Crippen molar-refractivity contribution in [2.24, 2.45) is 0 Å². The fourth-order valence-corrected chi connectivity index (χ4v) is 3.78. The van der Waals surface area contributed by atoms with Gasteiger partial charge in [-0.1, -0.05) is 43.3 Å². The normalized spacial score (nSPS) is 16.0. The zero-order chi connectivity index (χ0) is 19.5. The molecule has 4 rings (SSSR count). The predicted octanol–water partition coefficient (Wildman–Crippen LogP) is 4.64. The molecule has 1 unspecified atom stereocenters. The Morgan fingerprint density at radius 2 is 2.00 bits per heavy atom. The molecule has 2 aliphatic carbocycles. The molecule has 0 fully saturated rings. The lowest BCUT2D eigenvalue weighted by Gasteiger charge is -2.22. The molecule has 2 N–H and O–H groups in total. The Balaban J connectivity index is 1.62. The van der Waals surface area contributed by atoms with Crippen molar-refractivity contribution in [2.75, 3.05) is 5.32 Å². The molecule has 2 aliphatic rings. The number of aliphatic hydroxyl groups excluding tert-OH is 1. The second-order valence-corrected chi connectivity index (χ2v) is 7.34. The van der Waals surface area contributed by atoms with Crippen LogP contribution in [0.5, 0.6) is 0 Å². The van der Waals surface area contributed by atoms with Crippen LogP contribution in [0.25, 0.3) is 11.3 Å². The lowest BCUT2D eigenvalue weighted by Crippen LogP contribution is -2.23. The molecule has 144 valence electrons. The van der Waals surface area contributed by atoms with Gasteiger partial charge in [-0.2, -0.15) is 0 Å². The quantitative estimate of drug-likeness (QED) is 0.569. The summed E-state index contributed by atoms with van der Waals surface area (Å²) in [4.78, 5) is 9.76. The first kappa shape index (κ1) is 18.6. The van der Waals surface area contributed by atoms with Crippen molar-refractivity contribution >= 4 is 5.82 Å². The van der Waals surface area contributed by atoms with E-state index in [0.29, 0.717) is 25.1 Å². The van der Waals surface area contributed by atoms with Gasteiger partial charge in [-0.05, 0) is 42.6 Å². The molecular formula is C23H24FN3O. The zero-order valence-corrected chi connectivity index (χ0v) is 16.1. The van der Waals surface area contributed by atoms with Crippen molar-refractivity contribution in [2.45, 2.75) is 58.1 Å². The van der Waals surface area contributed by atoms with Crippen LogP contribution in [0.2, 0.25) is 0 Å². The van der Waals surface area contributed by atoms with Crippen molar-refractivity contribution < 1.29 is 9.50 Å². The van der Waals surface area contributed by atoms with Crippen LogP contribution in [0.15, 0.2) is 47.1 Å². The number of aliphatic hydroxyl groups is 1. The third kappa shape index (κ3) is 3.93. The van der Waals surface area contributed by atoms with Crippen molar-refractivity contribution in [3.8, 4) is 11.3 Å². The van der Waals surface area contributed by atoms with Crippen LogP contribution in [-0.4, -0.2) is 21.3 Å². The highest BCUT2D eigenvalue weighted by atomic mass is 19.1. The fourth-order valence-electron chi connectivity index (χ4n) is 3.78. The van der Waals surface area contributed by atoms with Gasteiger partial charge in [0.1, 0.15) is 12.0 Å². The van der Waals surface area contributed by atoms with E-state index >= 15 is 0 Å². The average molecular weight is 377 g/mol. The highest BCUT2D eigenvalue weighted by Crippen LogP contribution is 2.33. The molecule has 0 spiro atoms. The van der Waals surface area contributed by atoms with E-state index in [4.69, 9.17) is 9.97 Å². The molecule has 1 aromatic carbocycles. The Labute approximate surface area is 164 Å². The minimum absolute atomic E-state index is 0.280. The number of allylic oxidation sites excluding steroid dienone is 1. The largest absolute Gasteiger partial charge is 0.373 e. The third-order valence-electron chi connectivity index (χ3n) is 5.19. The summed E-state index contributed by atoms with van der Waals surface area (Å²) in [6.45, 7) is 2.10. The van der Waals surface area contributed by atoms with Gasteiger partial charge in [-0.25, -0.2) is 14.4 Å². The Kier molecular flexibility index (Phi) is 5.40. The fraction of sp³-hybridized carbons (Fsp3) is 0.391. The van der Waals surface area contributed by atoms with Crippen LogP contribution in [-0.2, 0) is 19.3 Å². The smallest absolute Gasteiger partial charge is 0.150 e. The molecule has 1 heterocycles. The highest BCUT2D eigenvalue weighted by Gasteiger charge is 2.22. The highest BCUT2D eigenvalue weighted by molar-refractivity contribution is 5.69. The number of aryl methyl sites for hydroxylation is 3. The molecule has 0 saturated carbocycles. The molecule has 0 aliphatic heterocycles. The number of rotatable bonds is 6. The summed E-state index contributed by atoms with van der Waals surface area (Å²) in [5.41, 5.74) is 11.4. The van der Waals surface area contributed by atoms with Gasteiger partial charge in [0.2, 0.25) is 0 Å². The van der Waals surface area contributed by atoms with Crippen molar-refractivity contribution in [1.29, 1.82) is 0 Å². The van der Waals surface area contributed by atoms with Gasteiger partial charge in [-0.15, -0.1) is 0 Å². The van der Waals surface area contributed by atoms with Gasteiger partial charge in [0.05, 0.1) is 17.1 Å². The number of hydrogen-bond acceptors (Lipinski definition) is 4. The molecule has 0 saturated heterocycles. The summed E-state index contributed by atoms with van der Waals surface area (Å²) < 4.78 is 13.1. The van der Waals surface area contributed by atoms with Crippen LogP contribution < -0.4 is 5.32 Å². The van der Waals surface area contributed by atoms with Gasteiger partial charge in [0, 0.05) is 18.4 Å². The first-order valence-electron chi connectivity index (χ1n) is 9.94. The Morgan fingerprint density at radius 1 is 1.14 bits per heavy atom. The lowest BCUT2D eigenvalue weighted by molar-refractivity contribution is 0.202. The predicted molar refractivity (Wildman–Crippen MR) is 108 cm³/mol. The molecule has 1 atom stereocenters. The molecule has 4 nitrogen and oxygen atoms in total. The number of benzene rings is 1. The number of nitrogens with zero attached hydrogens (tertiary/aromatic N) is 2. The summed E-state index contributed by atoms with van der Waals surface area (Å²) in [5, 5.41) is 13.6. The minimum Gasteiger partial charge on any atom is -0.373 e. The Morgan fingerprint density at radius 3 is 2.79 bits per heavy atom. The van der Waals surface area contributed by atoms with E-state index in [1.807, 2.05) is 6.07 Å². The molecule has 0 radical (unpaired) electrons. The van der Waals surface area contributed by atoms with Crippen LogP contribution in [0.3, 0.4) is 0 Å².